The molecule has 1 amide bonds. The average Bonchev–Trinajstić information content (AvgIpc) is 3.25. The zero-order valence-corrected chi connectivity index (χ0v) is 11.4. The van der Waals surface area contributed by atoms with Gasteiger partial charge in [0.1, 0.15) is 0 Å². The number of amides is 1. The second-order valence-corrected chi connectivity index (χ2v) is 4.84. The van der Waals surface area contributed by atoms with Gasteiger partial charge in [-0.2, -0.15) is 10.2 Å². The molecular weight excluding hydrogens is 252 g/mol. The van der Waals surface area contributed by atoms with E-state index in [0.717, 1.165) is 18.4 Å². The van der Waals surface area contributed by atoms with Crippen molar-refractivity contribution in [2.24, 2.45) is 10.2 Å². The van der Waals surface area contributed by atoms with E-state index in [1.807, 2.05) is 12.1 Å². The van der Waals surface area contributed by atoms with Crippen molar-refractivity contribution in [1.29, 1.82) is 0 Å². The van der Waals surface area contributed by atoms with Crippen LogP contribution in [0.15, 0.2) is 34.8 Å². The molecule has 1 aliphatic rings. The minimum absolute atomic E-state index is 0.0384. The van der Waals surface area contributed by atoms with Crippen molar-refractivity contribution in [3.05, 3.63) is 30.1 Å². The molecule has 0 aromatic carbocycles. The van der Waals surface area contributed by atoms with Gasteiger partial charge in [0.2, 0.25) is 5.91 Å². The molecule has 1 aliphatic heterocycles. The smallest absolute Gasteiger partial charge is 0.220 e. The van der Waals surface area contributed by atoms with E-state index in [2.05, 4.69) is 26.4 Å². The highest BCUT2D eigenvalue weighted by Crippen LogP contribution is 2.37. The van der Waals surface area contributed by atoms with Crippen LogP contribution in [0.2, 0.25) is 0 Å². The number of hydrogen-bond acceptors (Lipinski definition) is 4. The number of nitrogens with zero attached hydrogens (tertiary/aromatic N) is 3. The van der Waals surface area contributed by atoms with Gasteiger partial charge in [-0.05, 0) is 24.1 Å². The van der Waals surface area contributed by atoms with Crippen LogP contribution in [0.1, 0.15) is 31.2 Å². The molecule has 1 aromatic rings. The monoisotopic (exact) mass is 270 g/mol. The Bertz CT molecular complexity index is 512. The van der Waals surface area contributed by atoms with E-state index in [4.69, 9.17) is 6.42 Å². The summed E-state index contributed by atoms with van der Waals surface area (Å²) in [5.41, 5.74) is 0.799. The third-order valence-electron chi connectivity index (χ3n) is 3.29. The fourth-order valence-corrected chi connectivity index (χ4v) is 1.97. The first-order chi connectivity index (χ1) is 9.74. The molecule has 0 saturated carbocycles. The molecule has 20 heavy (non-hydrogen) atoms. The molecule has 104 valence electrons. The lowest BCUT2D eigenvalue weighted by Gasteiger charge is -2.09. The highest BCUT2D eigenvalue weighted by molar-refractivity contribution is 5.76. The summed E-state index contributed by atoms with van der Waals surface area (Å²) in [6.45, 7) is 0.633. The van der Waals surface area contributed by atoms with Gasteiger partial charge < -0.3 is 5.32 Å². The van der Waals surface area contributed by atoms with Gasteiger partial charge >= 0.3 is 0 Å². The van der Waals surface area contributed by atoms with E-state index in [-0.39, 0.29) is 11.6 Å². The van der Waals surface area contributed by atoms with E-state index in [9.17, 15) is 4.79 Å². The van der Waals surface area contributed by atoms with Crippen LogP contribution in [0.5, 0.6) is 0 Å². The molecule has 0 fully saturated rings. The molecule has 0 atom stereocenters. The molecule has 0 radical (unpaired) electrons. The van der Waals surface area contributed by atoms with Crippen LogP contribution in [0.4, 0.5) is 0 Å². The third-order valence-corrected chi connectivity index (χ3v) is 3.29. The second kappa shape index (κ2) is 6.80. The first-order valence-corrected chi connectivity index (χ1v) is 6.77. The van der Waals surface area contributed by atoms with Crippen molar-refractivity contribution >= 4 is 5.91 Å². The summed E-state index contributed by atoms with van der Waals surface area (Å²) >= 11 is 0. The highest BCUT2D eigenvalue weighted by atomic mass is 16.1. The Labute approximate surface area is 118 Å². The molecule has 2 heterocycles. The molecule has 2 rings (SSSR count). The summed E-state index contributed by atoms with van der Waals surface area (Å²) in [6, 6.07) is 3.89. The number of carbonyl (C=O) groups is 1. The number of rotatable bonds is 8. The van der Waals surface area contributed by atoms with Crippen molar-refractivity contribution in [3.8, 4) is 12.3 Å². The molecule has 1 aromatic heterocycles. The molecule has 0 saturated heterocycles. The van der Waals surface area contributed by atoms with E-state index in [1.165, 1.54) is 0 Å². The van der Waals surface area contributed by atoms with Crippen molar-refractivity contribution in [2.75, 3.05) is 6.54 Å². The van der Waals surface area contributed by atoms with Crippen molar-refractivity contribution in [1.82, 2.24) is 10.3 Å². The van der Waals surface area contributed by atoms with Crippen LogP contribution < -0.4 is 5.32 Å². The topological polar surface area (TPSA) is 66.7 Å². The van der Waals surface area contributed by atoms with Gasteiger partial charge in [0.15, 0.2) is 5.66 Å². The lowest BCUT2D eigenvalue weighted by molar-refractivity contribution is -0.121. The van der Waals surface area contributed by atoms with Crippen LogP contribution in [-0.2, 0) is 11.2 Å². The lowest BCUT2D eigenvalue weighted by atomic mass is 10.0. The average molecular weight is 270 g/mol. The van der Waals surface area contributed by atoms with Crippen LogP contribution in [0.25, 0.3) is 0 Å². The Morgan fingerprint density at radius 1 is 1.30 bits per heavy atom. The van der Waals surface area contributed by atoms with E-state index in [1.54, 1.807) is 12.4 Å². The number of pyridine rings is 1. The maximum atomic E-state index is 11.7. The van der Waals surface area contributed by atoms with E-state index < -0.39 is 0 Å². The quantitative estimate of drug-likeness (QED) is 0.735. The molecule has 0 unspecified atom stereocenters. The van der Waals surface area contributed by atoms with Gasteiger partial charge in [0.05, 0.1) is 0 Å². The van der Waals surface area contributed by atoms with Gasteiger partial charge in [-0.25, -0.2) is 0 Å². The van der Waals surface area contributed by atoms with Crippen LogP contribution in [0.3, 0.4) is 0 Å². The summed E-state index contributed by atoms with van der Waals surface area (Å²) in [5, 5.41) is 10.9. The summed E-state index contributed by atoms with van der Waals surface area (Å²) < 4.78 is 0. The van der Waals surface area contributed by atoms with Gasteiger partial charge in [-0.3, -0.25) is 9.78 Å². The number of nitrogens with one attached hydrogen (secondary N) is 1. The highest BCUT2D eigenvalue weighted by Gasteiger charge is 2.39. The molecule has 1 N–H and O–H groups in total. The Balaban J connectivity index is 1.60. The fraction of sp³-hybridized carbons (Fsp3) is 0.467. The third kappa shape index (κ3) is 4.47. The fourth-order valence-electron chi connectivity index (χ4n) is 1.97. The van der Waals surface area contributed by atoms with Crippen molar-refractivity contribution in [2.45, 2.75) is 37.8 Å². The molecule has 5 heteroatoms. The predicted octanol–water partition coefficient (Wildman–Crippen LogP) is 2.10. The van der Waals surface area contributed by atoms with Gasteiger partial charge in [0, 0.05) is 44.6 Å². The standard InChI is InChI=1S/C15H18N4O/c1-2-3-8-15(18-19-15)9-4-14(20)17-12-7-13-5-10-16-11-6-13/h1,5-6,10-11H,3-4,7-9,12H2,(H,17,20). The Morgan fingerprint density at radius 3 is 2.70 bits per heavy atom. The van der Waals surface area contributed by atoms with Crippen LogP contribution >= 0.6 is 0 Å². The molecule has 0 bridgehead atoms. The molecule has 0 aliphatic carbocycles. The van der Waals surface area contributed by atoms with Gasteiger partial charge in [-0.15, -0.1) is 12.3 Å². The Kier molecular flexibility index (Phi) is 4.83. The zero-order valence-electron chi connectivity index (χ0n) is 11.4. The number of hydrogen-bond donors (Lipinski definition) is 1. The number of carbonyl (C=O) groups excluding carboxylic acids is 1. The maximum absolute atomic E-state index is 11.7. The zero-order chi connectivity index (χ0) is 14.3. The van der Waals surface area contributed by atoms with Crippen LogP contribution in [-0.4, -0.2) is 23.1 Å². The molecule has 5 nitrogen and oxygen atoms in total. The molecule has 0 spiro atoms. The van der Waals surface area contributed by atoms with Crippen molar-refractivity contribution < 1.29 is 4.79 Å². The van der Waals surface area contributed by atoms with E-state index in [0.29, 0.717) is 25.8 Å². The summed E-state index contributed by atoms with van der Waals surface area (Å²) in [4.78, 5) is 15.7. The molecular formula is C15H18N4O. The maximum Gasteiger partial charge on any atom is 0.220 e. The van der Waals surface area contributed by atoms with Gasteiger partial charge in [-0.1, -0.05) is 0 Å². The summed E-state index contributed by atoms with van der Waals surface area (Å²) in [7, 11) is 0. The number of aromatic nitrogens is 1. The first kappa shape index (κ1) is 14.2. The largest absolute Gasteiger partial charge is 0.356 e. The Morgan fingerprint density at radius 2 is 2.05 bits per heavy atom. The first-order valence-electron chi connectivity index (χ1n) is 6.77. The van der Waals surface area contributed by atoms with E-state index >= 15 is 0 Å². The summed E-state index contributed by atoms with van der Waals surface area (Å²) in [5.74, 6) is 2.62. The van der Waals surface area contributed by atoms with Crippen molar-refractivity contribution in [3.63, 3.8) is 0 Å². The van der Waals surface area contributed by atoms with Gasteiger partial charge in [0.25, 0.3) is 0 Å². The number of terminal acetylenes is 1. The Hall–Kier alpha value is -2.22. The normalized spacial score (nSPS) is 14.6. The predicted molar refractivity (Wildman–Crippen MR) is 75.8 cm³/mol. The SMILES string of the molecule is C#CCCC1(CCC(=O)NCCc2ccncc2)N=N1. The lowest BCUT2D eigenvalue weighted by Crippen LogP contribution is -2.27. The summed E-state index contributed by atoms with van der Waals surface area (Å²) in [6.07, 6.45) is 12.0. The second-order valence-electron chi connectivity index (χ2n) is 4.84. The van der Waals surface area contributed by atoms with Crippen LogP contribution in [0, 0.1) is 12.3 Å². The minimum Gasteiger partial charge on any atom is -0.356 e. The minimum atomic E-state index is -0.366.